The second-order valence-electron chi connectivity index (χ2n) is 14.3. The fraction of sp³-hybridized carbons (Fsp3) is 0.903. The van der Waals surface area contributed by atoms with E-state index < -0.39 is 5.60 Å². The van der Waals surface area contributed by atoms with Crippen LogP contribution in [0.2, 0.25) is 0 Å². The van der Waals surface area contributed by atoms with E-state index in [0.717, 1.165) is 19.3 Å². The molecule has 4 aliphatic rings. The second-order valence-corrected chi connectivity index (χ2v) is 14.3. The normalized spacial score (nSPS) is 47.7. The summed E-state index contributed by atoms with van der Waals surface area (Å²) >= 11 is 0. The van der Waals surface area contributed by atoms with E-state index >= 15 is 0 Å². The first-order chi connectivity index (χ1) is 16.1. The average molecular weight is 489 g/mol. The van der Waals surface area contributed by atoms with Crippen LogP contribution in [0.25, 0.3) is 0 Å². The van der Waals surface area contributed by atoms with Gasteiger partial charge in [-0.2, -0.15) is 0 Å². The van der Waals surface area contributed by atoms with Crippen molar-refractivity contribution in [2.75, 3.05) is 7.11 Å². The van der Waals surface area contributed by atoms with Crippen LogP contribution >= 0.6 is 0 Å². The van der Waals surface area contributed by atoms with Crippen molar-refractivity contribution in [2.45, 2.75) is 130 Å². The molecule has 0 radical (unpaired) electrons. The minimum Gasteiger partial charge on any atom is -0.469 e. The quantitative estimate of drug-likeness (QED) is 0.320. The molecule has 9 atom stereocenters. The van der Waals surface area contributed by atoms with Crippen molar-refractivity contribution < 1.29 is 19.4 Å². The van der Waals surface area contributed by atoms with Gasteiger partial charge >= 0.3 is 5.97 Å². The van der Waals surface area contributed by atoms with Crippen molar-refractivity contribution >= 4 is 5.97 Å². The standard InChI is InChI=1S/C31H52O4/c1-20(2)21-12-18-30(7)24(28(21,5)16-15-26(32)34-9)11-10-22-23(13-17-29(22,30)6)31(8)19-14-25(35-31)27(3,4)33/h21-25,33H,1,10-19H2,2-9H3/t21-,22+,23-,24+,25-,28-,29+,30+,31-/m0/s1. The molecule has 1 heterocycles. The molecule has 0 aromatic heterocycles. The van der Waals surface area contributed by atoms with Crippen molar-refractivity contribution in [1.82, 2.24) is 0 Å². The largest absolute Gasteiger partial charge is 0.469 e. The molecule has 4 nitrogen and oxygen atoms in total. The van der Waals surface area contributed by atoms with E-state index in [-0.39, 0.29) is 33.9 Å². The lowest BCUT2D eigenvalue weighted by Crippen LogP contribution is -2.60. The highest BCUT2D eigenvalue weighted by atomic mass is 16.5. The number of hydrogen-bond acceptors (Lipinski definition) is 4. The topological polar surface area (TPSA) is 55.8 Å². The Morgan fingerprint density at radius 3 is 2.23 bits per heavy atom. The van der Waals surface area contributed by atoms with Crippen molar-refractivity contribution in [3.05, 3.63) is 12.2 Å². The van der Waals surface area contributed by atoms with Crippen LogP contribution in [0, 0.1) is 39.9 Å². The molecule has 4 fully saturated rings. The van der Waals surface area contributed by atoms with Gasteiger partial charge in [-0.3, -0.25) is 4.79 Å². The maximum absolute atomic E-state index is 12.2. The third kappa shape index (κ3) is 4.13. The Morgan fingerprint density at radius 2 is 1.66 bits per heavy atom. The lowest BCUT2D eigenvalue weighted by molar-refractivity contribution is -0.188. The van der Waals surface area contributed by atoms with Crippen LogP contribution in [-0.4, -0.2) is 35.5 Å². The van der Waals surface area contributed by atoms with Gasteiger partial charge in [0.15, 0.2) is 0 Å². The molecule has 1 saturated heterocycles. The summed E-state index contributed by atoms with van der Waals surface area (Å²) in [5, 5.41) is 10.6. The van der Waals surface area contributed by atoms with E-state index in [4.69, 9.17) is 9.47 Å². The monoisotopic (exact) mass is 488 g/mol. The predicted octanol–water partition coefficient (Wildman–Crippen LogP) is 7.09. The summed E-state index contributed by atoms with van der Waals surface area (Å²) in [6.45, 7) is 20.4. The number of esters is 1. The van der Waals surface area contributed by atoms with Gasteiger partial charge in [0.25, 0.3) is 0 Å². The molecule has 1 aliphatic heterocycles. The summed E-state index contributed by atoms with van der Waals surface area (Å²) in [6.07, 6.45) is 10.7. The number of hydrogen-bond donors (Lipinski definition) is 1. The van der Waals surface area contributed by atoms with Gasteiger partial charge < -0.3 is 14.6 Å². The van der Waals surface area contributed by atoms with E-state index in [1.165, 1.54) is 51.2 Å². The summed E-state index contributed by atoms with van der Waals surface area (Å²) in [5.41, 5.74) is 0.933. The zero-order chi connectivity index (χ0) is 26.0. The number of carbonyl (C=O) groups is 1. The maximum Gasteiger partial charge on any atom is 0.305 e. The van der Waals surface area contributed by atoms with Crippen LogP contribution in [0.15, 0.2) is 12.2 Å². The predicted molar refractivity (Wildman–Crippen MR) is 141 cm³/mol. The molecular weight excluding hydrogens is 436 g/mol. The molecule has 3 aliphatic carbocycles. The molecule has 3 saturated carbocycles. The Labute approximate surface area is 214 Å². The Kier molecular flexibility index (Phi) is 6.88. The maximum atomic E-state index is 12.2. The van der Waals surface area contributed by atoms with Crippen LogP contribution in [0.1, 0.15) is 113 Å². The van der Waals surface area contributed by atoms with Crippen molar-refractivity contribution in [2.24, 2.45) is 39.9 Å². The lowest BCUT2D eigenvalue weighted by atomic mass is 9.38. The number of carbonyl (C=O) groups excluding carboxylic acids is 1. The van der Waals surface area contributed by atoms with Crippen LogP contribution in [-0.2, 0) is 14.3 Å². The Hall–Kier alpha value is -0.870. The van der Waals surface area contributed by atoms with Gasteiger partial charge in [-0.25, -0.2) is 0 Å². The number of rotatable bonds is 6. The molecular formula is C31H52O4. The molecule has 4 heteroatoms. The fourth-order valence-electron chi connectivity index (χ4n) is 10.1. The highest BCUT2D eigenvalue weighted by Gasteiger charge is 2.68. The van der Waals surface area contributed by atoms with Gasteiger partial charge in [0, 0.05) is 6.42 Å². The smallest absolute Gasteiger partial charge is 0.305 e. The molecule has 0 spiro atoms. The van der Waals surface area contributed by atoms with Gasteiger partial charge in [0.1, 0.15) is 0 Å². The minimum absolute atomic E-state index is 0.0683. The molecule has 0 aromatic carbocycles. The van der Waals surface area contributed by atoms with Gasteiger partial charge in [-0.15, -0.1) is 0 Å². The summed E-state index contributed by atoms with van der Waals surface area (Å²) in [5.74, 6) is 2.16. The van der Waals surface area contributed by atoms with Gasteiger partial charge in [-0.05, 0) is 125 Å². The molecule has 0 amide bonds. The second kappa shape index (κ2) is 8.86. The van der Waals surface area contributed by atoms with Gasteiger partial charge in [0.05, 0.1) is 24.4 Å². The minimum atomic E-state index is -0.786. The summed E-state index contributed by atoms with van der Waals surface area (Å²) in [7, 11) is 1.50. The van der Waals surface area contributed by atoms with Crippen LogP contribution in [0.4, 0.5) is 0 Å². The molecule has 0 bridgehead atoms. The zero-order valence-corrected chi connectivity index (χ0v) is 23.8. The van der Waals surface area contributed by atoms with Crippen molar-refractivity contribution in [3.63, 3.8) is 0 Å². The number of fused-ring (bicyclic) bond motifs is 3. The molecule has 0 unspecified atom stereocenters. The summed E-state index contributed by atoms with van der Waals surface area (Å²) in [4.78, 5) is 12.2. The highest BCUT2D eigenvalue weighted by molar-refractivity contribution is 5.69. The molecule has 35 heavy (non-hydrogen) atoms. The Balaban J connectivity index is 1.63. The molecule has 200 valence electrons. The number of aliphatic hydroxyl groups is 1. The highest BCUT2D eigenvalue weighted by Crippen LogP contribution is 2.74. The fourth-order valence-corrected chi connectivity index (χ4v) is 10.1. The van der Waals surface area contributed by atoms with Crippen LogP contribution in [0.3, 0.4) is 0 Å². The van der Waals surface area contributed by atoms with E-state index in [0.29, 0.717) is 30.1 Å². The van der Waals surface area contributed by atoms with E-state index in [1.54, 1.807) is 0 Å². The molecule has 1 N–H and O–H groups in total. The van der Waals surface area contributed by atoms with Crippen LogP contribution in [0.5, 0.6) is 0 Å². The van der Waals surface area contributed by atoms with E-state index in [9.17, 15) is 9.90 Å². The first kappa shape index (κ1) is 27.2. The van der Waals surface area contributed by atoms with Gasteiger partial charge in [0.2, 0.25) is 0 Å². The van der Waals surface area contributed by atoms with Crippen molar-refractivity contribution in [1.29, 1.82) is 0 Å². The Bertz CT molecular complexity index is 843. The molecule has 4 rings (SSSR count). The average Bonchev–Trinajstić information content (AvgIpc) is 3.34. The van der Waals surface area contributed by atoms with E-state index in [2.05, 4.69) is 41.2 Å². The molecule has 0 aromatic rings. The number of methoxy groups -OCH3 is 1. The first-order valence-corrected chi connectivity index (χ1v) is 14.2. The van der Waals surface area contributed by atoms with E-state index in [1.807, 2.05) is 13.8 Å². The number of ether oxygens (including phenoxy) is 2. The van der Waals surface area contributed by atoms with Gasteiger partial charge in [-0.1, -0.05) is 32.9 Å². The van der Waals surface area contributed by atoms with Crippen LogP contribution < -0.4 is 0 Å². The third-order valence-electron chi connectivity index (χ3n) is 12.2. The Morgan fingerprint density at radius 1 is 1.00 bits per heavy atom. The summed E-state index contributed by atoms with van der Waals surface area (Å²) in [6, 6.07) is 0. The first-order valence-electron chi connectivity index (χ1n) is 14.2. The zero-order valence-electron chi connectivity index (χ0n) is 23.8. The third-order valence-corrected chi connectivity index (χ3v) is 12.2. The van der Waals surface area contributed by atoms with Crippen molar-refractivity contribution in [3.8, 4) is 0 Å². The summed E-state index contributed by atoms with van der Waals surface area (Å²) < 4.78 is 11.8. The SMILES string of the molecule is C=C(C)[C@@H]1CC[C@]2(C)[C@H](CC[C@@H]3[C@@H]([C@]4(C)CC[C@@H](C(C)(C)O)O4)CC[C@]32C)[C@@]1(C)CCC(=O)OC. The lowest BCUT2D eigenvalue weighted by Gasteiger charge is -2.66. The number of allylic oxidation sites excluding steroid dienone is 1.